The van der Waals surface area contributed by atoms with Crippen LogP contribution in [0.15, 0.2) is 35.5 Å². The van der Waals surface area contributed by atoms with Crippen LogP contribution in [0.4, 0.5) is 22.0 Å². The molecular formula is C24H28ClF5N4O3S. The number of aromatic nitrogens is 2. The van der Waals surface area contributed by atoms with Gasteiger partial charge < -0.3 is 0 Å². The molecule has 0 N–H and O–H groups in total. The van der Waals surface area contributed by atoms with E-state index >= 15 is 0 Å². The van der Waals surface area contributed by atoms with Crippen LogP contribution in [0.1, 0.15) is 54.4 Å². The van der Waals surface area contributed by atoms with E-state index in [0.29, 0.717) is 6.07 Å². The van der Waals surface area contributed by atoms with Gasteiger partial charge in [0.1, 0.15) is 0 Å². The number of Topliss-reactive ketones (excluding diaryl/α,β-unsaturated/α-hetero) is 1. The van der Waals surface area contributed by atoms with Crippen molar-refractivity contribution < 1.29 is 35.2 Å². The van der Waals surface area contributed by atoms with Crippen LogP contribution < -0.4 is 0 Å². The second-order valence-electron chi connectivity index (χ2n) is 9.91. The predicted molar refractivity (Wildman–Crippen MR) is 130 cm³/mol. The molecule has 4 rings (SSSR count). The van der Waals surface area contributed by atoms with E-state index in [1.54, 1.807) is 7.05 Å². The molecule has 14 heteroatoms. The first-order chi connectivity index (χ1) is 17.6. The van der Waals surface area contributed by atoms with Crippen LogP contribution in [0.3, 0.4) is 0 Å². The van der Waals surface area contributed by atoms with E-state index in [-0.39, 0.29) is 80.3 Å². The van der Waals surface area contributed by atoms with Gasteiger partial charge >= 0.3 is 6.18 Å². The number of benzene rings is 1. The normalized spacial score (nSPS) is 20.9. The van der Waals surface area contributed by atoms with Crippen LogP contribution in [0, 0.1) is 0 Å². The molecule has 1 aromatic heterocycles. The van der Waals surface area contributed by atoms with E-state index in [2.05, 4.69) is 5.10 Å². The minimum Gasteiger partial charge on any atom is -0.295 e. The van der Waals surface area contributed by atoms with Crippen molar-refractivity contribution in [3.05, 3.63) is 46.6 Å². The monoisotopic (exact) mass is 582 g/mol. The molecule has 1 saturated carbocycles. The first-order valence-corrected chi connectivity index (χ1v) is 14.0. The molecule has 0 spiro atoms. The predicted octanol–water partition coefficient (Wildman–Crippen LogP) is 5.01. The molecule has 0 amide bonds. The maximum Gasteiger partial charge on any atom is 0.416 e. The Morgan fingerprint density at radius 1 is 1.05 bits per heavy atom. The van der Waals surface area contributed by atoms with Gasteiger partial charge in [-0.3, -0.25) is 14.4 Å². The fraction of sp³-hybridized carbons (Fsp3) is 0.583. The molecule has 1 aliphatic carbocycles. The van der Waals surface area contributed by atoms with Gasteiger partial charge in [0.2, 0.25) is 5.92 Å². The molecule has 1 aliphatic heterocycles. The molecule has 2 aromatic rings. The number of sulfonamides is 1. The van der Waals surface area contributed by atoms with Crippen molar-refractivity contribution in [3.63, 3.8) is 0 Å². The average Bonchev–Trinajstić information content (AvgIpc) is 3.30. The number of carbonyl (C=O) groups is 1. The maximum absolute atomic E-state index is 14.1. The number of aryl methyl sites for hydroxylation is 1. The summed E-state index contributed by atoms with van der Waals surface area (Å²) < 4.78 is 95.6. The van der Waals surface area contributed by atoms with Gasteiger partial charge in [-0.05, 0) is 43.5 Å². The molecule has 1 saturated heterocycles. The molecule has 2 heterocycles. The summed E-state index contributed by atoms with van der Waals surface area (Å²) in [5, 5.41) is 3.59. The summed E-state index contributed by atoms with van der Waals surface area (Å²) in [6.07, 6.45) is -3.48. The lowest BCUT2D eigenvalue weighted by atomic mass is 9.74. The van der Waals surface area contributed by atoms with Gasteiger partial charge in [0.15, 0.2) is 10.8 Å². The Morgan fingerprint density at radius 3 is 2.21 bits per heavy atom. The van der Waals surface area contributed by atoms with Gasteiger partial charge in [0.05, 0.1) is 10.6 Å². The zero-order valence-corrected chi connectivity index (χ0v) is 22.2. The van der Waals surface area contributed by atoms with E-state index in [1.165, 1.54) is 21.3 Å². The van der Waals surface area contributed by atoms with Crippen LogP contribution in [-0.2, 0) is 23.2 Å². The molecule has 2 aliphatic rings. The first kappa shape index (κ1) is 28.9. The Balaban J connectivity index is 1.48. The summed E-state index contributed by atoms with van der Waals surface area (Å²) in [4.78, 5) is 14.9. The number of carbonyl (C=O) groups excluding carboxylic acids is 1. The number of nitrogens with zero attached hydrogens (tertiary/aromatic N) is 4. The minimum atomic E-state index is -4.60. The summed E-state index contributed by atoms with van der Waals surface area (Å²) >= 11 is 5.98. The third-order valence-electron chi connectivity index (χ3n) is 7.53. The Kier molecular flexibility index (Phi) is 7.97. The zero-order chi connectivity index (χ0) is 27.9. The number of piperazine rings is 1. The quantitative estimate of drug-likeness (QED) is 0.339. The van der Waals surface area contributed by atoms with Crippen LogP contribution in [-0.4, -0.2) is 70.8 Å². The number of hydrogen-bond acceptors (Lipinski definition) is 5. The molecule has 2 fully saturated rings. The topological polar surface area (TPSA) is 75.5 Å². The fourth-order valence-corrected chi connectivity index (χ4v) is 6.93. The van der Waals surface area contributed by atoms with Crippen LogP contribution in [0.25, 0.3) is 0 Å². The van der Waals surface area contributed by atoms with Crippen molar-refractivity contribution in [2.45, 2.75) is 61.2 Å². The van der Waals surface area contributed by atoms with Crippen molar-refractivity contribution in [2.24, 2.45) is 7.05 Å². The van der Waals surface area contributed by atoms with Crippen LogP contribution in [0.2, 0.25) is 5.02 Å². The number of ketones is 1. The van der Waals surface area contributed by atoms with Gasteiger partial charge in [-0.1, -0.05) is 11.6 Å². The highest BCUT2D eigenvalue weighted by molar-refractivity contribution is 7.89. The lowest BCUT2D eigenvalue weighted by Gasteiger charge is -2.50. The molecule has 0 atom stereocenters. The minimum absolute atomic E-state index is 0.0535. The van der Waals surface area contributed by atoms with E-state index in [1.807, 2.05) is 4.90 Å². The lowest BCUT2D eigenvalue weighted by Crippen LogP contribution is -2.59. The number of rotatable bonds is 7. The third-order valence-corrected chi connectivity index (χ3v) is 9.63. The van der Waals surface area contributed by atoms with Crippen LogP contribution >= 0.6 is 11.6 Å². The summed E-state index contributed by atoms with van der Waals surface area (Å²) in [5.74, 6) is -3.30. The van der Waals surface area contributed by atoms with E-state index in [9.17, 15) is 35.2 Å². The van der Waals surface area contributed by atoms with E-state index < -0.39 is 39.0 Å². The van der Waals surface area contributed by atoms with Gasteiger partial charge in [-0.25, -0.2) is 17.2 Å². The van der Waals surface area contributed by atoms with Crippen molar-refractivity contribution >= 4 is 27.4 Å². The molecule has 0 unspecified atom stereocenters. The number of hydrogen-bond donors (Lipinski definition) is 0. The SMILES string of the molecule is Cn1ccc(S(=O)(=O)N2CCN(C3(CCC(=O)c4ccc(C(F)(F)F)cc4Cl)CCC(F)(F)CC3)CC2)n1. The fourth-order valence-electron chi connectivity index (χ4n) is 5.27. The lowest BCUT2D eigenvalue weighted by molar-refractivity contribution is -0.137. The molecular weight excluding hydrogens is 555 g/mol. The zero-order valence-electron chi connectivity index (χ0n) is 20.6. The Morgan fingerprint density at radius 2 is 1.68 bits per heavy atom. The summed E-state index contributed by atoms with van der Waals surface area (Å²) in [6, 6.07) is 3.94. The molecule has 38 heavy (non-hydrogen) atoms. The first-order valence-electron chi connectivity index (χ1n) is 12.2. The van der Waals surface area contributed by atoms with E-state index in [0.717, 1.165) is 12.1 Å². The van der Waals surface area contributed by atoms with Crippen molar-refractivity contribution in [1.29, 1.82) is 0 Å². The van der Waals surface area contributed by atoms with Gasteiger partial charge in [0, 0.05) is 69.8 Å². The molecule has 7 nitrogen and oxygen atoms in total. The van der Waals surface area contributed by atoms with Crippen molar-refractivity contribution in [2.75, 3.05) is 26.2 Å². The van der Waals surface area contributed by atoms with Gasteiger partial charge in [-0.2, -0.15) is 22.6 Å². The highest BCUT2D eigenvalue weighted by atomic mass is 35.5. The molecule has 0 radical (unpaired) electrons. The van der Waals surface area contributed by atoms with Gasteiger partial charge in [0.25, 0.3) is 10.0 Å². The number of alkyl halides is 5. The number of halogens is 6. The summed E-state index contributed by atoms with van der Waals surface area (Å²) in [7, 11) is -2.20. The second kappa shape index (κ2) is 10.5. The Labute approximate surface area is 222 Å². The standard InChI is InChI=1S/C24H28ClF5N4O3S/c1-32-11-5-21(31-32)38(36,37)34-14-12-33(13-15-34)22(7-9-23(26,27)10-8-22)6-4-20(35)18-3-2-17(16-19(18)25)24(28,29)30/h2-3,5,11,16H,4,6-10,12-15H2,1H3. The maximum atomic E-state index is 14.1. The smallest absolute Gasteiger partial charge is 0.295 e. The highest BCUT2D eigenvalue weighted by Gasteiger charge is 2.47. The molecule has 1 aromatic carbocycles. The van der Waals surface area contributed by atoms with Gasteiger partial charge in [-0.15, -0.1) is 0 Å². The van der Waals surface area contributed by atoms with Crippen LogP contribution in [0.5, 0.6) is 0 Å². The largest absolute Gasteiger partial charge is 0.416 e. The molecule has 210 valence electrons. The van der Waals surface area contributed by atoms with Crippen molar-refractivity contribution in [1.82, 2.24) is 19.0 Å². The second-order valence-corrected chi connectivity index (χ2v) is 12.2. The Bertz CT molecular complexity index is 1280. The Hall–Kier alpha value is -2.09. The average molecular weight is 583 g/mol. The van der Waals surface area contributed by atoms with E-state index in [4.69, 9.17) is 11.6 Å². The summed E-state index contributed by atoms with van der Waals surface area (Å²) in [5.41, 5.74) is -1.79. The highest BCUT2D eigenvalue weighted by Crippen LogP contribution is 2.45. The third kappa shape index (κ3) is 6.05. The summed E-state index contributed by atoms with van der Waals surface area (Å²) in [6.45, 7) is 0.838. The van der Waals surface area contributed by atoms with Crippen molar-refractivity contribution in [3.8, 4) is 0 Å². The molecule has 0 bridgehead atoms.